The molecule has 5 heteroatoms. The maximum Gasteiger partial charge on any atom is 0.139 e. The topological polar surface area (TPSA) is 17.8 Å². The lowest BCUT2D eigenvalue weighted by Gasteiger charge is -2.44. The van der Waals surface area contributed by atoms with Crippen LogP contribution in [0.3, 0.4) is 0 Å². The minimum Gasteiger partial charge on any atom is -0.322 e. The summed E-state index contributed by atoms with van der Waals surface area (Å²) in [4.78, 5) is 4.68. The van der Waals surface area contributed by atoms with E-state index in [-0.39, 0.29) is 11.4 Å². The molecule has 1 aromatic carbocycles. The number of aromatic nitrogens is 2. The zero-order chi connectivity index (χ0) is 14.3. The van der Waals surface area contributed by atoms with E-state index in [9.17, 15) is 4.39 Å². The number of aryl methyl sites for hydroxylation is 1. The standard InChI is InChI=1S/C15H17BrClFN2/c1-2-15(5-3-6-15)20-13-9-11(18)10(16)8-12(13)19-14(20)4-7-17/h8-9H,2-7H2,1H3. The highest BCUT2D eigenvalue weighted by Crippen LogP contribution is 2.45. The highest BCUT2D eigenvalue weighted by atomic mass is 79.9. The summed E-state index contributed by atoms with van der Waals surface area (Å²) in [5.41, 5.74) is 1.85. The Labute approximate surface area is 131 Å². The molecule has 20 heavy (non-hydrogen) atoms. The Morgan fingerprint density at radius 3 is 2.75 bits per heavy atom. The number of fused-ring (bicyclic) bond motifs is 1. The number of hydrogen-bond acceptors (Lipinski definition) is 1. The molecule has 108 valence electrons. The highest BCUT2D eigenvalue weighted by molar-refractivity contribution is 9.10. The molecule has 0 aliphatic heterocycles. The summed E-state index contributed by atoms with van der Waals surface area (Å²) >= 11 is 9.15. The van der Waals surface area contributed by atoms with Gasteiger partial charge in [0.25, 0.3) is 0 Å². The maximum atomic E-state index is 13.9. The van der Waals surface area contributed by atoms with Crippen LogP contribution in [0.2, 0.25) is 0 Å². The predicted molar refractivity (Wildman–Crippen MR) is 83.9 cm³/mol. The summed E-state index contributed by atoms with van der Waals surface area (Å²) in [6.07, 6.45) is 5.28. The van der Waals surface area contributed by atoms with Gasteiger partial charge in [0.1, 0.15) is 11.6 Å². The molecule has 0 unspecified atom stereocenters. The molecule has 0 amide bonds. The molecule has 1 fully saturated rings. The molecule has 0 bridgehead atoms. The molecule has 3 rings (SSSR count). The Morgan fingerprint density at radius 2 is 2.20 bits per heavy atom. The molecule has 1 aromatic heterocycles. The van der Waals surface area contributed by atoms with E-state index in [0.29, 0.717) is 10.4 Å². The van der Waals surface area contributed by atoms with E-state index >= 15 is 0 Å². The van der Waals surface area contributed by atoms with E-state index in [1.807, 2.05) is 0 Å². The Balaban J connectivity index is 2.26. The molecule has 0 spiro atoms. The monoisotopic (exact) mass is 358 g/mol. The lowest BCUT2D eigenvalue weighted by Crippen LogP contribution is -2.41. The lowest BCUT2D eigenvalue weighted by atomic mass is 9.74. The number of benzene rings is 1. The van der Waals surface area contributed by atoms with Gasteiger partial charge in [-0.3, -0.25) is 0 Å². The quantitative estimate of drug-likeness (QED) is 0.702. The number of hydrogen-bond donors (Lipinski definition) is 0. The van der Waals surface area contributed by atoms with Crippen molar-refractivity contribution in [2.45, 2.75) is 44.6 Å². The molecule has 0 radical (unpaired) electrons. The molecule has 1 heterocycles. The Bertz CT molecular complexity index is 643. The van der Waals surface area contributed by atoms with E-state index in [1.54, 1.807) is 12.1 Å². The third-order valence-electron chi connectivity index (χ3n) is 4.50. The van der Waals surface area contributed by atoms with Crippen LogP contribution >= 0.6 is 27.5 Å². The third-order valence-corrected chi connectivity index (χ3v) is 5.30. The Hall–Kier alpha value is -0.610. The van der Waals surface area contributed by atoms with Gasteiger partial charge in [-0.2, -0.15) is 0 Å². The van der Waals surface area contributed by atoms with Gasteiger partial charge in [-0.15, -0.1) is 11.6 Å². The molecule has 1 aliphatic carbocycles. The minimum atomic E-state index is -0.235. The van der Waals surface area contributed by atoms with E-state index < -0.39 is 0 Å². The predicted octanol–water partition coefficient (Wildman–Crippen LogP) is 5.01. The van der Waals surface area contributed by atoms with Crippen LogP contribution in [0.15, 0.2) is 16.6 Å². The number of halogens is 3. The van der Waals surface area contributed by atoms with Gasteiger partial charge in [0.15, 0.2) is 0 Å². The number of nitrogens with zero attached hydrogens (tertiary/aromatic N) is 2. The van der Waals surface area contributed by atoms with E-state index in [2.05, 4.69) is 32.4 Å². The largest absolute Gasteiger partial charge is 0.322 e. The Kier molecular flexibility index (Phi) is 3.80. The van der Waals surface area contributed by atoms with Crippen molar-refractivity contribution in [2.24, 2.45) is 0 Å². The molecule has 0 atom stereocenters. The average molecular weight is 360 g/mol. The van der Waals surface area contributed by atoms with Gasteiger partial charge in [0.05, 0.1) is 15.5 Å². The van der Waals surface area contributed by atoms with Crippen LogP contribution < -0.4 is 0 Å². The summed E-state index contributed by atoms with van der Waals surface area (Å²) < 4.78 is 16.6. The normalized spacial score (nSPS) is 17.4. The second kappa shape index (κ2) is 5.30. The summed E-state index contributed by atoms with van der Waals surface area (Å²) in [6.45, 7) is 2.20. The van der Waals surface area contributed by atoms with Gasteiger partial charge in [-0.25, -0.2) is 9.37 Å². The van der Waals surface area contributed by atoms with Crippen molar-refractivity contribution in [3.05, 3.63) is 28.2 Å². The first kappa shape index (κ1) is 14.3. The first-order valence-electron chi connectivity index (χ1n) is 7.04. The van der Waals surface area contributed by atoms with E-state index in [4.69, 9.17) is 11.6 Å². The fourth-order valence-corrected chi connectivity index (χ4v) is 3.72. The highest BCUT2D eigenvalue weighted by Gasteiger charge is 2.39. The van der Waals surface area contributed by atoms with Crippen molar-refractivity contribution in [1.29, 1.82) is 0 Å². The molecule has 2 nitrogen and oxygen atoms in total. The van der Waals surface area contributed by atoms with Crippen molar-refractivity contribution >= 4 is 38.6 Å². The second-order valence-corrected chi connectivity index (χ2v) is 6.72. The number of alkyl halides is 1. The number of imidazole rings is 1. The fourth-order valence-electron chi connectivity index (χ4n) is 3.22. The SMILES string of the molecule is CCC1(n2c(CCCl)nc3cc(Br)c(F)cc32)CCC1. The molecule has 2 aromatic rings. The fraction of sp³-hybridized carbons (Fsp3) is 0.533. The molecule has 1 aliphatic rings. The zero-order valence-electron chi connectivity index (χ0n) is 11.4. The summed E-state index contributed by atoms with van der Waals surface area (Å²) in [6, 6.07) is 3.36. The minimum absolute atomic E-state index is 0.108. The van der Waals surface area contributed by atoms with E-state index in [1.165, 1.54) is 6.42 Å². The molecule has 0 saturated heterocycles. The van der Waals surface area contributed by atoms with Gasteiger partial charge < -0.3 is 4.57 Å². The van der Waals surface area contributed by atoms with Gasteiger partial charge >= 0.3 is 0 Å². The lowest BCUT2D eigenvalue weighted by molar-refractivity contribution is 0.137. The van der Waals surface area contributed by atoms with Crippen molar-refractivity contribution < 1.29 is 4.39 Å². The van der Waals surface area contributed by atoms with Crippen LogP contribution in [-0.2, 0) is 12.0 Å². The number of rotatable bonds is 4. The first-order valence-corrected chi connectivity index (χ1v) is 8.37. The molecule has 1 saturated carbocycles. The van der Waals surface area contributed by atoms with Crippen LogP contribution in [0.4, 0.5) is 4.39 Å². The third kappa shape index (κ3) is 2.08. The van der Waals surface area contributed by atoms with Crippen LogP contribution in [0.1, 0.15) is 38.4 Å². The van der Waals surface area contributed by atoms with Crippen molar-refractivity contribution in [3.8, 4) is 0 Å². The van der Waals surface area contributed by atoms with Gasteiger partial charge in [-0.05, 0) is 47.7 Å². The summed E-state index contributed by atoms with van der Waals surface area (Å²) in [5, 5.41) is 0. The maximum absolute atomic E-state index is 13.9. The zero-order valence-corrected chi connectivity index (χ0v) is 13.8. The van der Waals surface area contributed by atoms with Crippen molar-refractivity contribution in [1.82, 2.24) is 9.55 Å². The molecular formula is C15H17BrClFN2. The summed E-state index contributed by atoms with van der Waals surface area (Å²) in [5.74, 6) is 1.28. The van der Waals surface area contributed by atoms with Gasteiger partial charge in [0.2, 0.25) is 0 Å². The van der Waals surface area contributed by atoms with Crippen molar-refractivity contribution in [2.75, 3.05) is 5.88 Å². The smallest absolute Gasteiger partial charge is 0.139 e. The summed E-state index contributed by atoms with van der Waals surface area (Å²) in [7, 11) is 0. The first-order chi connectivity index (χ1) is 9.61. The van der Waals surface area contributed by atoms with Crippen molar-refractivity contribution in [3.63, 3.8) is 0 Å². The molecule has 0 N–H and O–H groups in total. The average Bonchev–Trinajstić information content (AvgIpc) is 2.69. The van der Waals surface area contributed by atoms with Crippen LogP contribution in [0.25, 0.3) is 11.0 Å². The second-order valence-electron chi connectivity index (χ2n) is 5.49. The molecular weight excluding hydrogens is 343 g/mol. The van der Waals surface area contributed by atoms with Gasteiger partial charge in [0, 0.05) is 23.9 Å². The van der Waals surface area contributed by atoms with Crippen LogP contribution in [0.5, 0.6) is 0 Å². The van der Waals surface area contributed by atoms with Crippen LogP contribution in [-0.4, -0.2) is 15.4 Å². The van der Waals surface area contributed by atoms with E-state index in [0.717, 1.165) is 42.5 Å². The Morgan fingerprint density at radius 1 is 1.45 bits per heavy atom. The van der Waals surface area contributed by atoms with Gasteiger partial charge in [-0.1, -0.05) is 6.92 Å². The van der Waals surface area contributed by atoms with Crippen LogP contribution in [0, 0.1) is 5.82 Å².